The molecule has 3 aromatic rings. The zero-order chi connectivity index (χ0) is 29.3. The second-order valence-electron chi connectivity index (χ2n) is 10.0. The van der Waals surface area contributed by atoms with Crippen molar-refractivity contribution in [3.05, 3.63) is 94.7 Å². The molecule has 1 atom stereocenters. The van der Waals surface area contributed by atoms with E-state index in [-0.39, 0.29) is 22.1 Å². The number of allylic oxidation sites excluding steroid dienone is 1. The van der Waals surface area contributed by atoms with E-state index in [9.17, 15) is 19.7 Å². The van der Waals surface area contributed by atoms with Crippen molar-refractivity contribution in [3.8, 4) is 5.75 Å². The second-order valence-corrected chi connectivity index (χ2v) is 11.0. The van der Waals surface area contributed by atoms with Gasteiger partial charge in [0.05, 0.1) is 27.8 Å². The molecule has 0 bridgehead atoms. The molecule has 1 fully saturated rings. The van der Waals surface area contributed by atoms with Gasteiger partial charge in [-0.3, -0.25) is 24.3 Å². The van der Waals surface area contributed by atoms with Crippen molar-refractivity contribution in [1.29, 1.82) is 0 Å². The Balaban J connectivity index is 1.69. The first-order valence-corrected chi connectivity index (χ1v) is 14.6. The average Bonchev–Trinajstić information content (AvgIpc) is 3.61. The summed E-state index contributed by atoms with van der Waals surface area (Å²) in [6.45, 7) is 8.22. The molecule has 1 aromatic heterocycles. The molecule has 0 aliphatic carbocycles. The molecule has 2 aromatic carbocycles. The minimum atomic E-state index is -0.746. The second kappa shape index (κ2) is 11.7. The van der Waals surface area contributed by atoms with Gasteiger partial charge in [0.2, 0.25) is 0 Å². The molecule has 2 aliphatic heterocycles. The molecule has 3 heterocycles. The number of nitro benzene ring substituents is 1. The number of nitrogens with zero attached hydrogens (tertiary/aromatic N) is 5. The first-order chi connectivity index (χ1) is 19.8. The normalized spacial score (nSPS) is 16.9. The average molecular weight is 576 g/mol. The van der Waals surface area contributed by atoms with Crippen molar-refractivity contribution in [2.24, 2.45) is 4.99 Å². The highest BCUT2D eigenvalue weighted by Gasteiger charge is 2.35. The number of nitro groups is 1. The number of rotatable bonds is 8. The number of thiazole rings is 1. The zero-order valence-corrected chi connectivity index (χ0v) is 24.4. The van der Waals surface area contributed by atoms with Crippen LogP contribution >= 0.6 is 11.3 Å². The van der Waals surface area contributed by atoms with Crippen LogP contribution < -0.4 is 24.5 Å². The molecular formula is C30H33N5O5S. The highest BCUT2D eigenvalue weighted by molar-refractivity contribution is 7.07. The molecule has 0 radical (unpaired) electrons. The van der Waals surface area contributed by atoms with Gasteiger partial charge >= 0.3 is 0 Å². The number of carbonyl (C=O) groups is 1. The lowest BCUT2D eigenvalue weighted by molar-refractivity contribution is -0.384. The maximum absolute atomic E-state index is 14.0. The monoisotopic (exact) mass is 575 g/mol. The Morgan fingerprint density at radius 1 is 1.20 bits per heavy atom. The predicted octanol–water partition coefficient (Wildman–Crippen LogP) is 3.62. The Morgan fingerprint density at radius 3 is 2.56 bits per heavy atom. The number of carbonyl (C=O) groups excluding carboxylic acids is 1. The number of aromatic nitrogens is 1. The van der Waals surface area contributed by atoms with Crippen LogP contribution in [-0.2, 0) is 4.79 Å². The molecule has 0 unspecified atom stereocenters. The van der Waals surface area contributed by atoms with Crippen molar-refractivity contribution in [2.45, 2.75) is 39.7 Å². The molecule has 10 nitrogen and oxygen atoms in total. The van der Waals surface area contributed by atoms with Crippen LogP contribution in [0.25, 0.3) is 6.08 Å². The zero-order valence-electron chi connectivity index (χ0n) is 23.6. The molecule has 5 rings (SSSR count). The maximum Gasteiger partial charge on any atom is 0.293 e. The summed E-state index contributed by atoms with van der Waals surface area (Å²) < 4.78 is 7.57. The number of likely N-dealkylation sites (N-methyl/N-ethyl adjacent to an activating group) is 1. The quantitative estimate of drug-likeness (QED) is 0.300. The molecular weight excluding hydrogens is 542 g/mol. The molecule has 1 amide bonds. The summed E-state index contributed by atoms with van der Waals surface area (Å²) in [5, 5.41) is 11.9. The lowest BCUT2D eigenvalue weighted by Gasteiger charge is -2.29. The number of fused-ring (bicyclic) bond motifs is 1. The van der Waals surface area contributed by atoms with E-state index in [1.807, 2.05) is 36.9 Å². The van der Waals surface area contributed by atoms with Crippen molar-refractivity contribution < 1.29 is 14.5 Å². The molecule has 0 spiro atoms. The van der Waals surface area contributed by atoms with Crippen LogP contribution in [0.2, 0.25) is 0 Å². The van der Waals surface area contributed by atoms with Gasteiger partial charge < -0.3 is 14.5 Å². The van der Waals surface area contributed by atoms with E-state index in [1.165, 1.54) is 17.4 Å². The van der Waals surface area contributed by atoms with E-state index >= 15 is 0 Å². The third-order valence-electron chi connectivity index (χ3n) is 7.68. The van der Waals surface area contributed by atoms with Crippen LogP contribution in [-0.4, -0.2) is 53.6 Å². The van der Waals surface area contributed by atoms with E-state index in [0.717, 1.165) is 25.9 Å². The van der Waals surface area contributed by atoms with Gasteiger partial charge in [-0.15, -0.1) is 0 Å². The largest absolute Gasteiger partial charge is 0.496 e. The minimum absolute atomic E-state index is 0.0169. The molecule has 0 N–H and O–H groups in total. The van der Waals surface area contributed by atoms with Gasteiger partial charge in [0.1, 0.15) is 17.5 Å². The number of ether oxygens (including phenoxy) is 1. The van der Waals surface area contributed by atoms with Crippen LogP contribution in [0.4, 0.5) is 11.4 Å². The number of methoxy groups -OCH3 is 1. The Kier molecular flexibility index (Phi) is 8.07. The molecule has 1 saturated heterocycles. The van der Waals surface area contributed by atoms with Crippen molar-refractivity contribution >= 4 is 34.7 Å². The van der Waals surface area contributed by atoms with Gasteiger partial charge in [0.25, 0.3) is 17.2 Å². The fourth-order valence-corrected chi connectivity index (χ4v) is 6.66. The summed E-state index contributed by atoms with van der Waals surface area (Å²) in [5.41, 5.74) is 2.47. The van der Waals surface area contributed by atoms with Gasteiger partial charge in [-0.25, -0.2) is 4.99 Å². The topological polar surface area (TPSA) is 110 Å². The Morgan fingerprint density at radius 2 is 1.90 bits per heavy atom. The van der Waals surface area contributed by atoms with Crippen molar-refractivity contribution in [3.63, 3.8) is 0 Å². The maximum atomic E-state index is 14.0. The van der Waals surface area contributed by atoms with Crippen LogP contribution in [0.5, 0.6) is 5.75 Å². The lowest BCUT2D eigenvalue weighted by atomic mass is 9.94. The summed E-state index contributed by atoms with van der Waals surface area (Å²) >= 11 is 1.20. The third-order valence-corrected chi connectivity index (χ3v) is 8.66. The summed E-state index contributed by atoms with van der Waals surface area (Å²) in [6.07, 6.45) is 3.67. The van der Waals surface area contributed by atoms with Gasteiger partial charge in [0, 0.05) is 37.8 Å². The molecule has 41 heavy (non-hydrogen) atoms. The number of amides is 1. The van der Waals surface area contributed by atoms with Crippen molar-refractivity contribution in [1.82, 2.24) is 9.47 Å². The van der Waals surface area contributed by atoms with E-state index < -0.39 is 6.04 Å². The van der Waals surface area contributed by atoms with E-state index in [4.69, 9.17) is 9.73 Å². The molecule has 0 saturated carbocycles. The van der Waals surface area contributed by atoms with Crippen molar-refractivity contribution in [2.75, 3.05) is 38.2 Å². The predicted molar refractivity (Wildman–Crippen MR) is 159 cm³/mol. The van der Waals surface area contributed by atoms with E-state index in [1.54, 1.807) is 47.8 Å². The number of hydrogen-bond donors (Lipinski definition) is 0. The Hall–Kier alpha value is -4.25. The molecule has 11 heteroatoms. The number of anilines is 1. The van der Waals surface area contributed by atoms with Crippen LogP contribution in [0.3, 0.4) is 0 Å². The summed E-state index contributed by atoms with van der Waals surface area (Å²) in [6, 6.07) is 11.7. The van der Waals surface area contributed by atoms with Crippen LogP contribution in [0.1, 0.15) is 50.8 Å². The molecule has 2 aliphatic rings. The number of benzene rings is 2. The first-order valence-electron chi connectivity index (χ1n) is 13.8. The fraction of sp³-hybridized carbons (Fsp3) is 0.367. The Labute approximate surface area is 241 Å². The van der Waals surface area contributed by atoms with Crippen LogP contribution in [0.15, 0.2) is 63.5 Å². The van der Waals surface area contributed by atoms with E-state index in [2.05, 4.69) is 0 Å². The highest BCUT2D eigenvalue weighted by atomic mass is 32.1. The lowest BCUT2D eigenvalue weighted by Crippen LogP contribution is -2.43. The van der Waals surface area contributed by atoms with E-state index in [0.29, 0.717) is 56.3 Å². The van der Waals surface area contributed by atoms with Gasteiger partial charge in [-0.2, -0.15) is 0 Å². The first kappa shape index (κ1) is 28.3. The fourth-order valence-electron chi connectivity index (χ4n) is 5.62. The highest BCUT2D eigenvalue weighted by Crippen LogP contribution is 2.36. The summed E-state index contributed by atoms with van der Waals surface area (Å²) in [4.78, 5) is 48.3. The number of hydrogen-bond acceptors (Lipinski definition) is 8. The molecule has 214 valence electrons. The number of para-hydroxylation sites is 1. The van der Waals surface area contributed by atoms with Gasteiger partial charge in [-0.05, 0) is 57.4 Å². The summed E-state index contributed by atoms with van der Waals surface area (Å²) in [5.74, 6) is 0.370. The van der Waals surface area contributed by atoms with Gasteiger partial charge in [0.15, 0.2) is 4.80 Å². The SMILES string of the molecule is CCN(CC)C(=O)C1=C(C)N=c2s/c(=C\c3ccc(N4CCCC4)c([N+](=O)[O-])c3)c(=O)n2[C@H]1c1ccccc1OC. The standard InChI is InChI=1S/C30H33N5O5S/c1-5-32(6-2)29(37)26-19(3)31-30-34(27(26)21-11-7-8-12-24(21)40-4)28(36)25(41-30)18-20-13-14-22(23(17-20)35(38)39)33-15-9-10-16-33/h7-8,11-14,17-18,27H,5-6,9-10,15-16H2,1-4H3/b25-18-/t27-/m0/s1. The van der Waals surface area contributed by atoms with Gasteiger partial charge in [-0.1, -0.05) is 35.6 Å². The smallest absolute Gasteiger partial charge is 0.293 e. The van der Waals surface area contributed by atoms with Crippen LogP contribution in [0, 0.1) is 10.1 Å². The Bertz CT molecular complexity index is 1710. The summed E-state index contributed by atoms with van der Waals surface area (Å²) in [7, 11) is 1.56. The minimum Gasteiger partial charge on any atom is -0.496 e. The third kappa shape index (κ3) is 5.17.